The van der Waals surface area contributed by atoms with Gasteiger partial charge in [0.15, 0.2) is 5.76 Å². The van der Waals surface area contributed by atoms with Crippen molar-refractivity contribution >= 4 is 22.7 Å². The van der Waals surface area contributed by atoms with E-state index in [0.717, 1.165) is 16.7 Å². The average Bonchev–Trinajstić information content (AvgIpc) is 3.23. The van der Waals surface area contributed by atoms with Crippen molar-refractivity contribution in [3.8, 4) is 11.6 Å². The molecule has 1 amide bonds. The van der Waals surface area contributed by atoms with Gasteiger partial charge in [0.2, 0.25) is 5.82 Å². The number of H-pyrrole nitrogens is 1. The van der Waals surface area contributed by atoms with E-state index in [1.807, 2.05) is 24.3 Å². The Labute approximate surface area is 130 Å². The molecule has 0 saturated carbocycles. The van der Waals surface area contributed by atoms with E-state index in [0.29, 0.717) is 37.8 Å². The van der Waals surface area contributed by atoms with E-state index in [1.54, 1.807) is 0 Å². The van der Waals surface area contributed by atoms with Gasteiger partial charge in [0.05, 0.1) is 0 Å². The van der Waals surface area contributed by atoms with Crippen LogP contribution in [0.15, 0.2) is 28.7 Å². The highest BCUT2D eigenvalue weighted by Gasteiger charge is 2.21. The van der Waals surface area contributed by atoms with E-state index in [2.05, 4.69) is 25.5 Å². The lowest BCUT2D eigenvalue weighted by Crippen LogP contribution is -2.48. The van der Waals surface area contributed by atoms with Crippen molar-refractivity contribution in [3.63, 3.8) is 0 Å². The molecule has 1 saturated heterocycles. The molecule has 2 N–H and O–H groups in total. The van der Waals surface area contributed by atoms with Crippen LogP contribution in [0.2, 0.25) is 0 Å². The third kappa shape index (κ3) is 2.45. The summed E-state index contributed by atoms with van der Waals surface area (Å²) in [6, 6.07) is 7.77. The van der Waals surface area contributed by atoms with Gasteiger partial charge in [0.25, 0.3) is 0 Å². The molecule has 0 unspecified atom stereocenters. The predicted molar refractivity (Wildman–Crippen MR) is 81.2 cm³/mol. The van der Waals surface area contributed by atoms with Gasteiger partial charge in [-0.15, -0.1) is 10.2 Å². The second-order valence-corrected chi connectivity index (χ2v) is 5.32. The van der Waals surface area contributed by atoms with Crippen LogP contribution in [0.1, 0.15) is 0 Å². The highest BCUT2D eigenvalue weighted by atomic mass is 16.4. The predicted octanol–water partition coefficient (Wildman–Crippen LogP) is 1.41. The zero-order chi connectivity index (χ0) is 15.8. The highest BCUT2D eigenvalue weighted by Crippen LogP contribution is 2.29. The number of nitrogens with one attached hydrogen (secondary N) is 1. The number of carbonyl (C=O) groups is 1. The van der Waals surface area contributed by atoms with Gasteiger partial charge in [0, 0.05) is 37.3 Å². The molecule has 9 heteroatoms. The Balaban J connectivity index is 1.58. The first-order valence-corrected chi connectivity index (χ1v) is 7.21. The fourth-order valence-electron chi connectivity index (χ4n) is 2.76. The minimum atomic E-state index is -0.861. The van der Waals surface area contributed by atoms with E-state index in [9.17, 15) is 4.79 Å². The zero-order valence-electron chi connectivity index (χ0n) is 12.1. The molecule has 0 atom stereocenters. The number of tetrazole rings is 1. The summed E-state index contributed by atoms with van der Waals surface area (Å²) >= 11 is 0. The van der Waals surface area contributed by atoms with Crippen LogP contribution in [0.4, 0.5) is 10.5 Å². The normalized spacial score (nSPS) is 15.3. The molecule has 0 radical (unpaired) electrons. The number of amides is 1. The first-order valence-electron chi connectivity index (χ1n) is 7.21. The van der Waals surface area contributed by atoms with Gasteiger partial charge in [-0.05, 0) is 29.5 Å². The van der Waals surface area contributed by atoms with Crippen LogP contribution in [0.25, 0.3) is 22.6 Å². The Morgan fingerprint density at radius 1 is 1.22 bits per heavy atom. The lowest BCUT2D eigenvalue weighted by molar-refractivity contribution is 0.142. The van der Waals surface area contributed by atoms with Crippen LogP contribution in [-0.4, -0.2) is 62.9 Å². The topological polar surface area (TPSA) is 111 Å². The minimum Gasteiger partial charge on any atom is -0.465 e. The molecule has 118 valence electrons. The van der Waals surface area contributed by atoms with Crippen LogP contribution >= 0.6 is 0 Å². The smallest absolute Gasteiger partial charge is 0.407 e. The lowest BCUT2D eigenvalue weighted by atomic mass is 10.2. The third-order valence-electron chi connectivity index (χ3n) is 3.98. The number of benzene rings is 1. The second kappa shape index (κ2) is 5.27. The highest BCUT2D eigenvalue weighted by molar-refractivity contribution is 5.85. The van der Waals surface area contributed by atoms with Crippen molar-refractivity contribution in [2.75, 3.05) is 31.1 Å². The van der Waals surface area contributed by atoms with Gasteiger partial charge < -0.3 is 19.3 Å². The summed E-state index contributed by atoms with van der Waals surface area (Å²) in [5.74, 6) is 0.972. The fraction of sp³-hybridized carbons (Fsp3) is 0.286. The summed E-state index contributed by atoms with van der Waals surface area (Å²) < 4.78 is 5.71. The summed E-state index contributed by atoms with van der Waals surface area (Å²) in [7, 11) is 0. The van der Waals surface area contributed by atoms with Crippen molar-refractivity contribution in [2.45, 2.75) is 0 Å². The van der Waals surface area contributed by atoms with Gasteiger partial charge in [-0.3, -0.25) is 0 Å². The molecule has 3 aromatic rings. The number of hydrogen-bond acceptors (Lipinski definition) is 6. The fourth-order valence-corrected chi connectivity index (χ4v) is 2.76. The summed E-state index contributed by atoms with van der Waals surface area (Å²) in [5.41, 5.74) is 1.79. The number of carboxylic acid groups (broad SMARTS) is 1. The van der Waals surface area contributed by atoms with Crippen LogP contribution in [0.5, 0.6) is 0 Å². The molecule has 0 bridgehead atoms. The summed E-state index contributed by atoms with van der Waals surface area (Å²) in [6.07, 6.45) is -0.861. The number of fused-ring (bicyclic) bond motifs is 1. The SMILES string of the molecule is O=C(O)N1CCN(c2ccc3oc(-c4nn[nH]n4)cc3c2)CC1. The first kappa shape index (κ1) is 13.6. The van der Waals surface area contributed by atoms with Gasteiger partial charge in [0.1, 0.15) is 5.58 Å². The molecule has 0 spiro atoms. The summed E-state index contributed by atoms with van der Waals surface area (Å²) in [4.78, 5) is 14.6. The maximum absolute atomic E-state index is 11.0. The van der Waals surface area contributed by atoms with Crippen molar-refractivity contribution in [1.82, 2.24) is 25.5 Å². The Hall–Kier alpha value is -3.10. The number of aromatic nitrogens is 4. The van der Waals surface area contributed by atoms with Gasteiger partial charge >= 0.3 is 6.09 Å². The molecule has 0 aliphatic carbocycles. The van der Waals surface area contributed by atoms with E-state index in [-0.39, 0.29) is 0 Å². The van der Waals surface area contributed by atoms with Gasteiger partial charge in [-0.1, -0.05) is 0 Å². The first-order chi connectivity index (χ1) is 11.2. The van der Waals surface area contributed by atoms with Crippen LogP contribution in [-0.2, 0) is 0 Å². The molecule has 9 nitrogen and oxygen atoms in total. The van der Waals surface area contributed by atoms with Crippen molar-refractivity contribution in [3.05, 3.63) is 24.3 Å². The van der Waals surface area contributed by atoms with Crippen molar-refractivity contribution in [1.29, 1.82) is 0 Å². The maximum atomic E-state index is 11.0. The molecule has 1 aliphatic rings. The number of aromatic amines is 1. The molecule has 2 aromatic heterocycles. The van der Waals surface area contributed by atoms with E-state index in [4.69, 9.17) is 9.52 Å². The quantitative estimate of drug-likeness (QED) is 0.735. The number of hydrogen-bond donors (Lipinski definition) is 2. The third-order valence-corrected chi connectivity index (χ3v) is 3.98. The van der Waals surface area contributed by atoms with Crippen LogP contribution < -0.4 is 4.90 Å². The van der Waals surface area contributed by atoms with E-state index in [1.165, 1.54) is 4.90 Å². The zero-order valence-corrected chi connectivity index (χ0v) is 12.1. The minimum absolute atomic E-state index is 0.415. The molecular weight excluding hydrogens is 300 g/mol. The monoisotopic (exact) mass is 314 g/mol. The molecule has 3 heterocycles. The number of piperazine rings is 1. The standard InChI is InChI=1S/C14H14N6O3/c21-14(22)20-5-3-19(4-6-20)10-1-2-11-9(7-10)8-12(23-11)13-15-17-18-16-13/h1-2,7-8H,3-6H2,(H,21,22)(H,15,16,17,18). The molecule has 23 heavy (non-hydrogen) atoms. The van der Waals surface area contributed by atoms with Gasteiger partial charge in [-0.2, -0.15) is 5.21 Å². The molecular formula is C14H14N6O3. The Kier molecular flexibility index (Phi) is 3.11. The number of rotatable bonds is 2. The second-order valence-electron chi connectivity index (χ2n) is 5.32. The van der Waals surface area contributed by atoms with Gasteiger partial charge in [-0.25, -0.2) is 4.79 Å². The molecule has 1 aliphatic heterocycles. The molecule has 1 fully saturated rings. The van der Waals surface area contributed by atoms with Crippen molar-refractivity contribution in [2.24, 2.45) is 0 Å². The summed E-state index contributed by atoms with van der Waals surface area (Å²) in [5, 5.41) is 23.7. The lowest BCUT2D eigenvalue weighted by Gasteiger charge is -2.34. The number of nitrogens with zero attached hydrogens (tertiary/aromatic N) is 5. The Morgan fingerprint density at radius 2 is 2.04 bits per heavy atom. The average molecular weight is 314 g/mol. The largest absolute Gasteiger partial charge is 0.465 e. The van der Waals surface area contributed by atoms with Crippen molar-refractivity contribution < 1.29 is 14.3 Å². The van der Waals surface area contributed by atoms with E-state index >= 15 is 0 Å². The Morgan fingerprint density at radius 3 is 2.74 bits per heavy atom. The van der Waals surface area contributed by atoms with Crippen LogP contribution in [0.3, 0.4) is 0 Å². The molecule has 1 aromatic carbocycles. The van der Waals surface area contributed by atoms with E-state index < -0.39 is 6.09 Å². The Bertz CT molecular complexity index is 835. The maximum Gasteiger partial charge on any atom is 0.407 e. The number of furan rings is 1. The number of anilines is 1. The summed E-state index contributed by atoms with van der Waals surface area (Å²) in [6.45, 7) is 2.36. The van der Waals surface area contributed by atoms with Crippen LogP contribution in [0, 0.1) is 0 Å². The molecule has 4 rings (SSSR count).